The summed E-state index contributed by atoms with van der Waals surface area (Å²) in [6, 6.07) is 8.46. The molecule has 18 heavy (non-hydrogen) atoms. The molecule has 1 aromatic carbocycles. The van der Waals surface area contributed by atoms with E-state index in [1.165, 1.54) is 16.5 Å². The van der Waals surface area contributed by atoms with E-state index in [1.54, 1.807) is 0 Å². The molecule has 0 fully saturated rings. The molecule has 2 heteroatoms. The number of fused-ring (bicyclic) bond motifs is 1. The van der Waals surface area contributed by atoms with Crippen LogP contribution < -0.4 is 5.73 Å². The van der Waals surface area contributed by atoms with Crippen LogP contribution in [0.5, 0.6) is 0 Å². The Morgan fingerprint density at radius 3 is 2.67 bits per heavy atom. The Kier molecular flexibility index (Phi) is 3.45. The maximum atomic E-state index is 5.65. The molecular formula is C16H20N2. The summed E-state index contributed by atoms with van der Waals surface area (Å²) in [7, 11) is 0. The van der Waals surface area contributed by atoms with E-state index in [0.717, 1.165) is 6.54 Å². The Morgan fingerprint density at radius 2 is 2.00 bits per heavy atom. The SMILES string of the molecule is CC(C)(C)C#CCn1ccc2cc(CN)ccc21. The molecule has 1 heterocycles. The summed E-state index contributed by atoms with van der Waals surface area (Å²) >= 11 is 0. The molecule has 1 aromatic heterocycles. The van der Waals surface area contributed by atoms with Crippen molar-refractivity contribution in [2.45, 2.75) is 33.9 Å². The van der Waals surface area contributed by atoms with E-state index in [9.17, 15) is 0 Å². The number of nitrogens with two attached hydrogens (primary N) is 1. The van der Waals surface area contributed by atoms with Gasteiger partial charge in [-0.3, -0.25) is 0 Å². The zero-order chi connectivity index (χ0) is 13.2. The molecule has 0 atom stereocenters. The minimum atomic E-state index is 0.0652. The van der Waals surface area contributed by atoms with Crippen LogP contribution in [-0.2, 0) is 13.1 Å². The summed E-state index contributed by atoms with van der Waals surface area (Å²) in [5.41, 5.74) is 8.10. The van der Waals surface area contributed by atoms with Crippen LogP contribution in [0.2, 0.25) is 0 Å². The molecule has 94 valence electrons. The monoisotopic (exact) mass is 240 g/mol. The van der Waals surface area contributed by atoms with Crippen LogP contribution in [0.15, 0.2) is 30.5 Å². The highest BCUT2D eigenvalue weighted by molar-refractivity contribution is 5.81. The van der Waals surface area contributed by atoms with E-state index in [2.05, 4.69) is 67.6 Å². The third-order valence-electron chi connectivity index (χ3n) is 2.78. The second-order valence-corrected chi connectivity index (χ2v) is 5.59. The number of rotatable bonds is 2. The molecule has 0 radical (unpaired) electrons. The number of benzene rings is 1. The molecule has 0 amide bonds. The van der Waals surface area contributed by atoms with Crippen molar-refractivity contribution in [1.29, 1.82) is 0 Å². The van der Waals surface area contributed by atoms with Crippen molar-refractivity contribution >= 4 is 10.9 Å². The van der Waals surface area contributed by atoms with Gasteiger partial charge in [0.1, 0.15) is 0 Å². The van der Waals surface area contributed by atoms with Crippen molar-refractivity contribution in [3.05, 3.63) is 36.0 Å². The maximum absolute atomic E-state index is 5.65. The molecule has 0 aliphatic rings. The molecule has 0 aliphatic heterocycles. The van der Waals surface area contributed by atoms with Gasteiger partial charge in [0.2, 0.25) is 0 Å². The Labute approximate surface area is 109 Å². The lowest BCUT2D eigenvalue weighted by Crippen LogP contribution is -2.01. The summed E-state index contributed by atoms with van der Waals surface area (Å²) in [4.78, 5) is 0. The van der Waals surface area contributed by atoms with Crippen LogP contribution in [0.1, 0.15) is 26.3 Å². The first-order valence-electron chi connectivity index (χ1n) is 6.27. The molecule has 0 aliphatic carbocycles. The first-order valence-corrected chi connectivity index (χ1v) is 6.27. The van der Waals surface area contributed by atoms with Gasteiger partial charge in [-0.25, -0.2) is 0 Å². The number of hydrogen-bond acceptors (Lipinski definition) is 1. The molecule has 2 rings (SSSR count). The third-order valence-corrected chi connectivity index (χ3v) is 2.78. The van der Waals surface area contributed by atoms with Crippen molar-refractivity contribution in [3.63, 3.8) is 0 Å². The first kappa shape index (κ1) is 12.7. The van der Waals surface area contributed by atoms with Crippen LogP contribution in [0.25, 0.3) is 10.9 Å². The largest absolute Gasteiger partial charge is 0.336 e. The normalized spacial score (nSPS) is 11.3. The van der Waals surface area contributed by atoms with Crippen molar-refractivity contribution in [2.75, 3.05) is 0 Å². The Hall–Kier alpha value is -1.72. The summed E-state index contributed by atoms with van der Waals surface area (Å²) in [5.74, 6) is 6.49. The Balaban J connectivity index is 2.27. The van der Waals surface area contributed by atoms with Gasteiger partial charge in [0.15, 0.2) is 0 Å². The van der Waals surface area contributed by atoms with Gasteiger partial charge in [-0.2, -0.15) is 0 Å². The zero-order valence-corrected chi connectivity index (χ0v) is 11.3. The van der Waals surface area contributed by atoms with Crippen molar-refractivity contribution in [3.8, 4) is 11.8 Å². The summed E-state index contributed by atoms with van der Waals surface area (Å²) < 4.78 is 2.17. The minimum Gasteiger partial charge on any atom is -0.336 e. The molecule has 2 nitrogen and oxygen atoms in total. The van der Waals surface area contributed by atoms with Crippen LogP contribution in [-0.4, -0.2) is 4.57 Å². The highest BCUT2D eigenvalue weighted by Crippen LogP contribution is 2.17. The maximum Gasteiger partial charge on any atom is 0.0837 e. The quantitative estimate of drug-likeness (QED) is 0.803. The van der Waals surface area contributed by atoms with Crippen LogP contribution in [0, 0.1) is 17.3 Å². The van der Waals surface area contributed by atoms with Gasteiger partial charge in [0, 0.05) is 23.7 Å². The lowest BCUT2D eigenvalue weighted by Gasteiger charge is -2.07. The van der Waals surface area contributed by atoms with E-state index in [1.807, 2.05) is 0 Å². The lowest BCUT2D eigenvalue weighted by atomic mass is 9.98. The topological polar surface area (TPSA) is 30.9 Å². The number of hydrogen-bond donors (Lipinski definition) is 1. The van der Waals surface area contributed by atoms with Gasteiger partial charge >= 0.3 is 0 Å². The summed E-state index contributed by atoms with van der Waals surface area (Å²) in [6.07, 6.45) is 2.09. The molecule has 0 saturated carbocycles. The minimum absolute atomic E-state index is 0.0652. The predicted octanol–water partition coefficient (Wildman–Crippen LogP) is 3.15. The highest BCUT2D eigenvalue weighted by Gasteiger charge is 2.04. The van der Waals surface area contributed by atoms with Gasteiger partial charge < -0.3 is 10.3 Å². The van der Waals surface area contributed by atoms with Gasteiger partial charge in [-0.05, 0) is 49.9 Å². The number of aromatic nitrogens is 1. The second-order valence-electron chi connectivity index (χ2n) is 5.59. The fraction of sp³-hybridized carbons (Fsp3) is 0.375. The van der Waals surface area contributed by atoms with Crippen molar-refractivity contribution in [2.24, 2.45) is 11.1 Å². The standard InChI is InChI=1S/C16H20N2/c1-16(2,3)8-4-9-18-10-7-14-11-13(12-17)5-6-15(14)18/h5-7,10-11H,9,12,17H2,1-3H3. The smallest absolute Gasteiger partial charge is 0.0837 e. The molecule has 0 spiro atoms. The van der Waals surface area contributed by atoms with E-state index in [0.29, 0.717) is 6.54 Å². The van der Waals surface area contributed by atoms with Gasteiger partial charge in [0.25, 0.3) is 0 Å². The molecule has 2 N–H and O–H groups in total. The van der Waals surface area contributed by atoms with E-state index in [4.69, 9.17) is 5.73 Å². The summed E-state index contributed by atoms with van der Waals surface area (Å²) in [6.45, 7) is 7.71. The Bertz CT molecular complexity index is 603. The average molecular weight is 240 g/mol. The van der Waals surface area contributed by atoms with E-state index < -0.39 is 0 Å². The molecule has 0 saturated heterocycles. The van der Waals surface area contributed by atoms with Gasteiger partial charge in [-0.1, -0.05) is 17.9 Å². The van der Waals surface area contributed by atoms with Crippen LogP contribution >= 0.6 is 0 Å². The fourth-order valence-corrected chi connectivity index (χ4v) is 1.90. The molecular weight excluding hydrogens is 220 g/mol. The first-order chi connectivity index (χ1) is 8.49. The zero-order valence-electron chi connectivity index (χ0n) is 11.3. The predicted molar refractivity (Wildman–Crippen MR) is 77.1 cm³/mol. The second kappa shape index (κ2) is 4.88. The molecule has 0 unspecified atom stereocenters. The summed E-state index contributed by atoms with van der Waals surface area (Å²) in [5, 5.41) is 1.23. The highest BCUT2D eigenvalue weighted by atomic mass is 14.9. The van der Waals surface area contributed by atoms with Crippen LogP contribution in [0.3, 0.4) is 0 Å². The molecule has 0 bridgehead atoms. The van der Waals surface area contributed by atoms with Gasteiger partial charge in [0.05, 0.1) is 6.54 Å². The molecule has 2 aromatic rings. The fourth-order valence-electron chi connectivity index (χ4n) is 1.90. The van der Waals surface area contributed by atoms with E-state index >= 15 is 0 Å². The number of nitrogens with zero attached hydrogens (tertiary/aromatic N) is 1. The van der Waals surface area contributed by atoms with E-state index in [-0.39, 0.29) is 5.41 Å². The Morgan fingerprint density at radius 1 is 1.22 bits per heavy atom. The van der Waals surface area contributed by atoms with Gasteiger partial charge in [-0.15, -0.1) is 0 Å². The van der Waals surface area contributed by atoms with Crippen LogP contribution in [0.4, 0.5) is 0 Å². The average Bonchev–Trinajstić information content (AvgIpc) is 2.70. The van der Waals surface area contributed by atoms with Crippen molar-refractivity contribution < 1.29 is 0 Å². The third kappa shape index (κ3) is 2.94. The van der Waals surface area contributed by atoms with Crippen molar-refractivity contribution in [1.82, 2.24) is 4.57 Å². The lowest BCUT2D eigenvalue weighted by molar-refractivity contribution is 0.569.